The molecule has 0 aliphatic rings. The summed E-state index contributed by atoms with van der Waals surface area (Å²) in [6.45, 7) is 0.186. The van der Waals surface area contributed by atoms with E-state index in [-0.39, 0.29) is 6.61 Å². The van der Waals surface area contributed by atoms with Gasteiger partial charge in [0.1, 0.15) is 0 Å². The highest BCUT2D eigenvalue weighted by atomic mass is 79.9. The third kappa shape index (κ3) is 3.51. The molecule has 0 heterocycles. The van der Waals surface area contributed by atoms with Gasteiger partial charge in [0.2, 0.25) is 0 Å². The molecule has 0 aliphatic carbocycles. The summed E-state index contributed by atoms with van der Waals surface area (Å²) in [7, 11) is 0. The molecular weight excluding hydrogens is 251 g/mol. The van der Waals surface area contributed by atoms with Crippen molar-refractivity contribution < 1.29 is 5.11 Å². The predicted octanol–water partition coefficient (Wildman–Crippen LogP) is 3.50. The average molecular weight is 262 g/mol. The fourth-order valence-electron chi connectivity index (χ4n) is 0.910. The maximum absolute atomic E-state index is 8.56. The van der Waals surface area contributed by atoms with Crippen LogP contribution in [0.3, 0.4) is 0 Å². The van der Waals surface area contributed by atoms with Gasteiger partial charge in [0.25, 0.3) is 0 Å². The van der Waals surface area contributed by atoms with E-state index in [4.69, 9.17) is 16.7 Å². The SMILES string of the molecule is OCCC=Cc1ccc(Cl)c(Br)c1. The van der Waals surface area contributed by atoms with E-state index < -0.39 is 0 Å². The van der Waals surface area contributed by atoms with Gasteiger partial charge in [0.05, 0.1) is 5.02 Å². The summed E-state index contributed by atoms with van der Waals surface area (Å²) in [4.78, 5) is 0. The molecule has 3 heteroatoms. The Balaban J connectivity index is 2.73. The van der Waals surface area contributed by atoms with E-state index in [1.165, 1.54) is 0 Å². The molecule has 0 unspecified atom stereocenters. The van der Waals surface area contributed by atoms with Crippen LogP contribution in [0, 0.1) is 0 Å². The summed E-state index contributed by atoms with van der Waals surface area (Å²) in [5.41, 5.74) is 1.07. The molecule has 0 aliphatic heterocycles. The average Bonchev–Trinajstić information content (AvgIpc) is 2.12. The number of hydrogen-bond acceptors (Lipinski definition) is 1. The highest BCUT2D eigenvalue weighted by Crippen LogP contribution is 2.23. The second-order valence-corrected chi connectivity index (χ2v) is 3.85. The molecule has 0 fully saturated rings. The first kappa shape index (κ1) is 10.8. The van der Waals surface area contributed by atoms with E-state index in [2.05, 4.69) is 15.9 Å². The van der Waals surface area contributed by atoms with Crippen LogP contribution in [0.4, 0.5) is 0 Å². The third-order valence-corrected chi connectivity index (χ3v) is 2.76. The topological polar surface area (TPSA) is 20.2 Å². The quantitative estimate of drug-likeness (QED) is 0.883. The Morgan fingerprint density at radius 1 is 1.46 bits per heavy atom. The van der Waals surface area contributed by atoms with Gasteiger partial charge < -0.3 is 5.11 Å². The van der Waals surface area contributed by atoms with E-state index in [1.807, 2.05) is 30.4 Å². The minimum absolute atomic E-state index is 0.186. The van der Waals surface area contributed by atoms with Gasteiger partial charge in [-0.1, -0.05) is 29.8 Å². The van der Waals surface area contributed by atoms with Crippen LogP contribution in [-0.4, -0.2) is 11.7 Å². The molecule has 1 nitrogen and oxygen atoms in total. The van der Waals surface area contributed by atoms with Crippen molar-refractivity contribution in [3.8, 4) is 0 Å². The van der Waals surface area contributed by atoms with Crippen LogP contribution >= 0.6 is 27.5 Å². The lowest BCUT2D eigenvalue weighted by Crippen LogP contribution is -1.77. The van der Waals surface area contributed by atoms with Crippen molar-refractivity contribution >= 4 is 33.6 Å². The summed E-state index contributed by atoms with van der Waals surface area (Å²) >= 11 is 9.17. The van der Waals surface area contributed by atoms with Gasteiger partial charge in [-0.3, -0.25) is 0 Å². The van der Waals surface area contributed by atoms with Crippen molar-refractivity contribution in [3.63, 3.8) is 0 Å². The number of halogens is 2. The Morgan fingerprint density at radius 3 is 2.85 bits per heavy atom. The molecule has 0 bridgehead atoms. The maximum Gasteiger partial charge on any atom is 0.0548 e. The van der Waals surface area contributed by atoms with Crippen molar-refractivity contribution in [3.05, 3.63) is 39.3 Å². The van der Waals surface area contributed by atoms with Gasteiger partial charge in [-0.25, -0.2) is 0 Å². The van der Waals surface area contributed by atoms with Gasteiger partial charge in [-0.15, -0.1) is 0 Å². The summed E-state index contributed by atoms with van der Waals surface area (Å²) in [5, 5.41) is 9.27. The van der Waals surface area contributed by atoms with Gasteiger partial charge in [0, 0.05) is 11.1 Å². The zero-order chi connectivity index (χ0) is 9.68. The molecule has 0 saturated heterocycles. The standard InChI is InChI=1S/C10H10BrClO/c11-9-7-8(3-1-2-6-13)4-5-10(9)12/h1,3-5,7,13H,2,6H2. The van der Waals surface area contributed by atoms with Crippen LogP contribution in [0.2, 0.25) is 5.02 Å². The van der Waals surface area contributed by atoms with E-state index in [9.17, 15) is 0 Å². The van der Waals surface area contributed by atoms with Crippen molar-refractivity contribution in [2.24, 2.45) is 0 Å². The second kappa shape index (κ2) is 5.43. The molecule has 1 rings (SSSR count). The lowest BCUT2D eigenvalue weighted by molar-refractivity contribution is 0.303. The Kier molecular flexibility index (Phi) is 4.50. The largest absolute Gasteiger partial charge is 0.396 e. The molecule has 0 saturated carbocycles. The smallest absolute Gasteiger partial charge is 0.0548 e. The number of aliphatic hydroxyl groups is 1. The van der Waals surface area contributed by atoms with E-state index in [0.717, 1.165) is 10.0 Å². The van der Waals surface area contributed by atoms with Gasteiger partial charge in [-0.2, -0.15) is 0 Å². The van der Waals surface area contributed by atoms with Crippen molar-refractivity contribution in [2.45, 2.75) is 6.42 Å². The predicted molar refractivity (Wildman–Crippen MR) is 59.9 cm³/mol. The van der Waals surface area contributed by atoms with Crippen LogP contribution in [0.5, 0.6) is 0 Å². The molecule has 1 N–H and O–H groups in total. The lowest BCUT2D eigenvalue weighted by Gasteiger charge is -1.97. The van der Waals surface area contributed by atoms with Crippen LogP contribution < -0.4 is 0 Å². The van der Waals surface area contributed by atoms with Crippen molar-refractivity contribution in [1.29, 1.82) is 0 Å². The van der Waals surface area contributed by atoms with Crippen LogP contribution in [0.1, 0.15) is 12.0 Å². The molecule has 1 aromatic rings. The molecule has 1 aromatic carbocycles. The number of benzene rings is 1. The van der Waals surface area contributed by atoms with Gasteiger partial charge in [-0.05, 0) is 40.0 Å². The number of rotatable bonds is 3. The van der Waals surface area contributed by atoms with E-state index in [0.29, 0.717) is 11.4 Å². The summed E-state index contributed by atoms with van der Waals surface area (Å²) in [5.74, 6) is 0. The summed E-state index contributed by atoms with van der Waals surface area (Å²) < 4.78 is 0.889. The second-order valence-electron chi connectivity index (χ2n) is 2.59. The Hall–Kier alpha value is -0.310. The van der Waals surface area contributed by atoms with E-state index in [1.54, 1.807) is 0 Å². The fourth-order valence-corrected chi connectivity index (χ4v) is 1.42. The van der Waals surface area contributed by atoms with Crippen LogP contribution in [-0.2, 0) is 0 Å². The minimum Gasteiger partial charge on any atom is -0.396 e. The number of aliphatic hydroxyl groups excluding tert-OH is 1. The van der Waals surface area contributed by atoms with Crippen LogP contribution in [0.15, 0.2) is 28.7 Å². The Labute approximate surface area is 91.2 Å². The highest BCUT2D eigenvalue weighted by molar-refractivity contribution is 9.10. The first-order valence-electron chi connectivity index (χ1n) is 3.96. The zero-order valence-corrected chi connectivity index (χ0v) is 9.35. The zero-order valence-electron chi connectivity index (χ0n) is 7.00. The summed E-state index contributed by atoms with van der Waals surface area (Å²) in [6.07, 6.45) is 4.56. The van der Waals surface area contributed by atoms with E-state index >= 15 is 0 Å². The monoisotopic (exact) mass is 260 g/mol. The van der Waals surface area contributed by atoms with Gasteiger partial charge in [0.15, 0.2) is 0 Å². The first-order chi connectivity index (χ1) is 6.24. The molecule has 0 amide bonds. The molecule has 70 valence electrons. The molecule has 13 heavy (non-hydrogen) atoms. The molecule has 0 atom stereocenters. The van der Waals surface area contributed by atoms with Crippen LogP contribution in [0.25, 0.3) is 6.08 Å². The number of hydrogen-bond donors (Lipinski definition) is 1. The first-order valence-corrected chi connectivity index (χ1v) is 5.13. The fraction of sp³-hybridized carbons (Fsp3) is 0.200. The normalized spacial score (nSPS) is 11.0. The minimum atomic E-state index is 0.186. The molecular formula is C10H10BrClO. The van der Waals surface area contributed by atoms with Gasteiger partial charge >= 0.3 is 0 Å². The van der Waals surface area contributed by atoms with Crippen molar-refractivity contribution in [1.82, 2.24) is 0 Å². The maximum atomic E-state index is 8.56. The third-order valence-electron chi connectivity index (χ3n) is 1.55. The highest BCUT2D eigenvalue weighted by Gasteiger charge is 1.95. The lowest BCUT2D eigenvalue weighted by atomic mass is 10.2. The van der Waals surface area contributed by atoms with Crippen molar-refractivity contribution in [2.75, 3.05) is 6.61 Å². The molecule has 0 spiro atoms. The summed E-state index contributed by atoms with van der Waals surface area (Å²) in [6, 6.07) is 5.71. The molecule has 0 radical (unpaired) electrons. The Morgan fingerprint density at radius 2 is 2.23 bits per heavy atom. The Bertz CT molecular complexity index is 310. The molecule has 0 aromatic heterocycles.